The van der Waals surface area contributed by atoms with Crippen LogP contribution in [0.2, 0.25) is 6.32 Å². The van der Waals surface area contributed by atoms with E-state index in [1.807, 2.05) is 15.1 Å². The van der Waals surface area contributed by atoms with E-state index in [1.165, 1.54) is 0 Å². The van der Waals surface area contributed by atoms with Crippen LogP contribution in [0.1, 0.15) is 13.8 Å². The SMILES string of the molecule is CCB1N[B]N[B]N1CC. The zero-order valence-corrected chi connectivity index (χ0v) is 6.59. The monoisotopic (exact) mass is 135 g/mol. The minimum Gasteiger partial charge on any atom is -0.379 e. The van der Waals surface area contributed by atoms with Crippen molar-refractivity contribution in [2.24, 2.45) is 0 Å². The standard InChI is InChI=1S/C4H12B3N3/c1-3-7-9-5-8-6-10(7)4-2/h8-9H,3-4H2,1-2H3. The highest BCUT2D eigenvalue weighted by atomic mass is 15.1. The molecule has 6 heteroatoms. The summed E-state index contributed by atoms with van der Waals surface area (Å²) < 4.78 is 2.24. The van der Waals surface area contributed by atoms with E-state index in [4.69, 9.17) is 0 Å². The summed E-state index contributed by atoms with van der Waals surface area (Å²) in [6, 6.07) is 0. The number of nitrogens with one attached hydrogen (secondary N) is 2. The summed E-state index contributed by atoms with van der Waals surface area (Å²) in [6.07, 6.45) is 1.13. The largest absolute Gasteiger partial charge is 0.379 e. The van der Waals surface area contributed by atoms with Crippen LogP contribution in [0.4, 0.5) is 0 Å². The van der Waals surface area contributed by atoms with Gasteiger partial charge in [-0.25, -0.2) is 0 Å². The van der Waals surface area contributed by atoms with Crippen molar-refractivity contribution in [2.45, 2.75) is 20.2 Å². The molecule has 0 aromatic heterocycles. The second-order valence-electron chi connectivity index (χ2n) is 2.36. The highest BCUT2D eigenvalue weighted by molar-refractivity contribution is 6.74. The van der Waals surface area contributed by atoms with Gasteiger partial charge in [-0.05, 0) is 12.9 Å². The molecule has 52 valence electrons. The number of hydrogen-bond donors (Lipinski definition) is 2. The van der Waals surface area contributed by atoms with Gasteiger partial charge in [0.1, 0.15) is 0 Å². The fourth-order valence-corrected chi connectivity index (χ4v) is 1.13. The third kappa shape index (κ3) is 1.78. The molecule has 1 heterocycles. The summed E-state index contributed by atoms with van der Waals surface area (Å²) in [4.78, 5) is 0. The van der Waals surface area contributed by atoms with Gasteiger partial charge in [-0.2, -0.15) is 0 Å². The van der Waals surface area contributed by atoms with Gasteiger partial charge in [0.25, 0.3) is 22.1 Å². The van der Waals surface area contributed by atoms with Crippen molar-refractivity contribution < 1.29 is 0 Å². The van der Waals surface area contributed by atoms with Gasteiger partial charge in [-0.15, -0.1) is 0 Å². The van der Waals surface area contributed by atoms with E-state index in [1.54, 1.807) is 0 Å². The summed E-state index contributed by atoms with van der Waals surface area (Å²) >= 11 is 0. The van der Waals surface area contributed by atoms with E-state index < -0.39 is 0 Å². The third-order valence-corrected chi connectivity index (χ3v) is 1.75. The Bertz CT molecular complexity index is 89.7. The Kier molecular flexibility index (Phi) is 3.32. The van der Waals surface area contributed by atoms with Crippen molar-refractivity contribution in [3.63, 3.8) is 0 Å². The molecular weight excluding hydrogens is 123 g/mol. The Labute approximate surface area is 64.6 Å². The Morgan fingerprint density at radius 3 is 2.80 bits per heavy atom. The number of rotatable bonds is 2. The molecule has 0 bridgehead atoms. The van der Waals surface area contributed by atoms with E-state index in [0.717, 1.165) is 12.9 Å². The van der Waals surface area contributed by atoms with Crippen LogP contribution >= 0.6 is 0 Å². The minimum absolute atomic E-state index is 0.478. The molecule has 1 fully saturated rings. The molecule has 0 aromatic rings. The molecule has 1 saturated heterocycles. The summed E-state index contributed by atoms with van der Waals surface area (Å²) in [7, 11) is 3.88. The number of hydrogen-bond acceptors (Lipinski definition) is 3. The maximum atomic E-state index is 3.23. The van der Waals surface area contributed by atoms with Crippen molar-refractivity contribution in [1.29, 1.82) is 0 Å². The zero-order valence-electron chi connectivity index (χ0n) is 6.59. The normalized spacial score (nSPS) is 20.0. The topological polar surface area (TPSA) is 27.3 Å². The van der Waals surface area contributed by atoms with Gasteiger partial charge < -0.3 is 15.0 Å². The van der Waals surface area contributed by atoms with Crippen LogP contribution in [0.15, 0.2) is 0 Å². The lowest BCUT2D eigenvalue weighted by Gasteiger charge is -2.31. The zero-order chi connectivity index (χ0) is 7.40. The number of nitrogens with zero attached hydrogens (tertiary/aromatic N) is 1. The van der Waals surface area contributed by atoms with Gasteiger partial charge in [0, 0.05) is 0 Å². The smallest absolute Gasteiger partial charge is 0.287 e. The molecule has 0 saturated carbocycles. The van der Waals surface area contributed by atoms with E-state index in [2.05, 4.69) is 28.8 Å². The summed E-state index contributed by atoms with van der Waals surface area (Å²) in [5.41, 5.74) is 0. The van der Waals surface area contributed by atoms with E-state index in [-0.39, 0.29) is 0 Å². The van der Waals surface area contributed by atoms with Crippen molar-refractivity contribution >= 4 is 22.1 Å². The summed E-state index contributed by atoms with van der Waals surface area (Å²) in [5.74, 6) is 0. The third-order valence-electron chi connectivity index (χ3n) is 1.75. The fourth-order valence-electron chi connectivity index (χ4n) is 1.13. The predicted octanol–water partition coefficient (Wildman–Crippen LogP) is -0.922. The highest BCUT2D eigenvalue weighted by Gasteiger charge is 2.23. The second kappa shape index (κ2) is 4.06. The molecule has 2 radical (unpaired) electrons. The van der Waals surface area contributed by atoms with Crippen molar-refractivity contribution in [2.75, 3.05) is 6.54 Å². The van der Waals surface area contributed by atoms with Gasteiger partial charge in [0.05, 0.1) is 0 Å². The summed E-state index contributed by atoms with van der Waals surface area (Å²) in [5, 5.41) is 6.24. The van der Waals surface area contributed by atoms with Gasteiger partial charge in [-0.1, -0.05) is 13.8 Å². The lowest BCUT2D eigenvalue weighted by atomic mass is 9.60. The molecule has 0 amide bonds. The maximum Gasteiger partial charge on any atom is 0.287 e. The van der Waals surface area contributed by atoms with Crippen molar-refractivity contribution in [1.82, 2.24) is 15.0 Å². The molecule has 1 rings (SSSR count). The molecule has 0 spiro atoms. The first kappa shape index (κ1) is 8.17. The van der Waals surface area contributed by atoms with Crippen molar-refractivity contribution in [3.05, 3.63) is 0 Å². The van der Waals surface area contributed by atoms with Crippen LogP contribution in [-0.4, -0.2) is 33.3 Å². The molecule has 0 aromatic carbocycles. The highest BCUT2D eigenvalue weighted by Crippen LogP contribution is 1.95. The van der Waals surface area contributed by atoms with Crippen LogP contribution in [0.3, 0.4) is 0 Å². The molecule has 1 aliphatic rings. The lowest BCUT2D eigenvalue weighted by Crippen LogP contribution is -2.64. The van der Waals surface area contributed by atoms with Crippen LogP contribution in [-0.2, 0) is 0 Å². The van der Waals surface area contributed by atoms with Crippen molar-refractivity contribution in [3.8, 4) is 0 Å². The average molecular weight is 135 g/mol. The predicted molar refractivity (Wildman–Crippen MR) is 46.4 cm³/mol. The Morgan fingerprint density at radius 1 is 1.50 bits per heavy atom. The molecule has 0 aliphatic carbocycles. The van der Waals surface area contributed by atoms with Gasteiger partial charge in [0.2, 0.25) is 0 Å². The Hall–Kier alpha value is 0.0748. The fraction of sp³-hybridized carbons (Fsp3) is 1.00. The second-order valence-corrected chi connectivity index (χ2v) is 2.36. The molecule has 0 atom stereocenters. The average Bonchev–Trinajstić information content (AvgIpc) is 2.04. The first-order valence-corrected chi connectivity index (χ1v) is 3.81. The van der Waals surface area contributed by atoms with Crippen LogP contribution in [0.5, 0.6) is 0 Å². The molecular formula is C4H12B3N3. The Balaban J connectivity index is 2.34. The van der Waals surface area contributed by atoms with Crippen LogP contribution in [0, 0.1) is 0 Å². The molecule has 3 nitrogen and oxygen atoms in total. The summed E-state index contributed by atoms with van der Waals surface area (Å²) in [6.45, 7) is 5.85. The first-order chi connectivity index (χ1) is 4.88. The lowest BCUT2D eigenvalue weighted by molar-refractivity contribution is 0.668. The molecule has 10 heavy (non-hydrogen) atoms. The van der Waals surface area contributed by atoms with Gasteiger partial charge in [0.15, 0.2) is 0 Å². The van der Waals surface area contributed by atoms with Gasteiger partial charge >= 0.3 is 0 Å². The van der Waals surface area contributed by atoms with Crippen LogP contribution in [0.25, 0.3) is 0 Å². The van der Waals surface area contributed by atoms with E-state index in [0.29, 0.717) is 6.98 Å². The molecule has 0 unspecified atom stereocenters. The van der Waals surface area contributed by atoms with E-state index in [9.17, 15) is 0 Å². The Morgan fingerprint density at radius 2 is 2.30 bits per heavy atom. The maximum absolute atomic E-state index is 3.23. The first-order valence-electron chi connectivity index (χ1n) is 3.81. The van der Waals surface area contributed by atoms with Crippen LogP contribution < -0.4 is 10.3 Å². The van der Waals surface area contributed by atoms with Gasteiger partial charge in [-0.3, -0.25) is 0 Å². The molecule has 2 N–H and O–H groups in total. The molecule has 1 aliphatic heterocycles. The van der Waals surface area contributed by atoms with E-state index >= 15 is 0 Å². The minimum atomic E-state index is 0.478. The quantitative estimate of drug-likeness (QED) is 0.479.